The van der Waals surface area contributed by atoms with Gasteiger partial charge in [0.15, 0.2) is 0 Å². The molecule has 1 aliphatic rings. The predicted octanol–water partition coefficient (Wildman–Crippen LogP) is -1.90. The molecule has 0 amide bonds. The molecule has 0 saturated carbocycles. The van der Waals surface area contributed by atoms with Crippen molar-refractivity contribution in [1.29, 1.82) is 0 Å². The second kappa shape index (κ2) is 2.62. The minimum absolute atomic E-state index is 0.117. The van der Waals surface area contributed by atoms with Crippen molar-refractivity contribution in [2.45, 2.75) is 18.3 Å². The van der Waals surface area contributed by atoms with E-state index in [9.17, 15) is 0 Å². The molecule has 3 N–H and O–H groups in total. The maximum atomic E-state index is 8.92. The molecule has 0 aromatic heterocycles. The highest BCUT2D eigenvalue weighted by molar-refractivity contribution is 4.81. The van der Waals surface area contributed by atoms with Gasteiger partial charge in [0.05, 0.1) is 13.2 Å². The van der Waals surface area contributed by atoms with E-state index in [0.717, 1.165) is 0 Å². The molecule has 1 aliphatic heterocycles. The zero-order valence-electron chi connectivity index (χ0n) is 4.90. The maximum Gasteiger partial charge on any atom is 0.110 e. The fourth-order valence-corrected chi connectivity index (χ4v) is 0.828. The zero-order chi connectivity index (χ0) is 6.85. The summed E-state index contributed by atoms with van der Waals surface area (Å²) in [5, 5.41) is 26.2. The molecule has 0 spiro atoms. The Kier molecular flexibility index (Phi) is 2.02. The van der Waals surface area contributed by atoms with Crippen molar-refractivity contribution < 1.29 is 20.1 Å². The molecular formula is C5H10O4. The lowest BCUT2D eigenvalue weighted by Gasteiger charge is -2.10. The van der Waals surface area contributed by atoms with Crippen LogP contribution in [0.25, 0.3) is 0 Å². The van der Waals surface area contributed by atoms with Gasteiger partial charge in [-0.2, -0.15) is 0 Å². The van der Waals surface area contributed by atoms with Gasteiger partial charge in [-0.25, -0.2) is 0 Å². The number of rotatable bonds is 1. The molecule has 1 saturated heterocycles. The second-order valence-corrected chi connectivity index (χ2v) is 2.11. The molecule has 3 atom stereocenters. The first-order chi connectivity index (χ1) is 4.25. The Morgan fingerprint density at radius 3 is 2.33 bits per heavy atom. The molecule has 0 aromatic rings. The summed E-state index contributed by atoms with van der Waals surface area (Å²) in [6.07, 6.45) is -2.35. The van der Waals surface area contributed by atoms with E-state index in [1.165, 1.54) is 0 Å². The van der Waals surface area contributed by atoms with Gasteiger partial charge in [0.1, 0.15) is 18.3 Å². The molecule has 54 valence electrons. The van der Waals surface area contributed by atoms with Crippen LogP contribution in [-0.2, 0) is 4.74 Å². The van der Waals surface area contributed by atoms with Crippen LogP contribution in [0.15, 0.2) is 0 Å². The maximum absolute atomic E-state index is 8.92. The molecule has 9 heavy (non-hydrogen) atoms. The van der Waals surface area contributed by atoms with Crippen molar-refractivity contribution in [3.8, 4) is 0 Å². The lowest BCUT2D eigenvalue weighted by atomic mass is 10.2. The van der Waals surface area contributed by atoms with Gasteiger partial charge in [-0.3, -0.25) is 0 Å². The predicted molar refractivity (Wildman–Crippen MR) is 28.8 cm³/mol. The molecule has 0 aromatic carbocycles. The van der Waals surface area contributed by atoms with Gasteiger partial charge in [0.2, 0.25) is 0 Å². The molecule has 0 bridgehead atoms. The van der Waals surface area contributed by atoms with Crippen molar-refractivity contribution in [2.24, 2.45) is 0 Å². The standard InChI is InChI=1S/C5H10O4/c6-1-4-5(8)3(7)2-9-4/h3-8H,1-2H2/t3?,4-,5+/m1/s1. The molecule has 4 nitrogen and oxygen atoms in total. The smallest absolute Gasteiger partial charge is 0.110 e. The number of hydrogen-bond acceptors (Lipinski definition) is 4. The van der Waals surface area contributed by atoms with E-state index >= 15 is 0 Å². The highest BCUT2D eigenvalue weighted by atomic mass is 16.5. The summed E-state index contributed by atoms with van der Waals surface area (Å²) in [6, 6.07) is 0. The Morgan fingerprint density at radius 1 is 1.44 bits per heavy atom. The van der Waals surface area contributed by atoms with Gasteiger partial charge in [-0.05, 0) is 0 Å². The number of hydrogen-bond donors (Lipinski definition) is 3. The molecular weight excluding hydrogens is 124 g/mol. The van der Waals surface area contributed by atoms with Crippen LogP contribution < -0.4 is 0 Å². The quantitative estimate of drug-likeness (QED) is 0.392. The van der Waals surface area contributed by atoms with Crippen molar-refractivity contribution >= 4 is 0 Å². The van der Waals surface area contributed by atoms with Crippen molar-refractivity contribution in [2.75, 3.05) is 13.2 Å². The molecule has 4 heteroatoms. The van der Waals surface area contributed by atoms with Crippen LogP contribution in [0.1, 0.15) is 0 Å². The summed E-state index contributed by atoms with van der Waals surface area (Å²) in [5.41, 5.74) is 0. The van der Waals surface area contributed by atoms with E-state index in [1.54, 1.807) is 0 Å². The summed E-state index contributed by atoms with van der Waals surface area (Å²) in [7, 11) is 0. The third kappa shape index (κ3) is 1.21. The van der Waals surface area contributed by atoms with E-state index in [0.29, 0.717) is 0 Å². The van der Waals surface area contributed by atoms with Gasteiger partial charge in [-0.15, -0.1) is 0 Å². The average molecular weight is 134 g/mol. The van der Waals surface area contributed by atoms with Gasteiger partial charge in [-0.1, -0.05) is 0 Å². The first kappa shape index (κ1) is 6.95. The van der Waals surface area contributed by atoms with Crippen molar-refractivity contribution in [1.82, 2.24) is 0 Å². The summed E-state index contributed by atoms with van der Waals surface area (Å²) < 4.78 is 4.78. The van der Waals surface area contributed by atoms with E-state index in [1.807, 2.05) is 0 Å². The first-order valence-electron chi connectivity index (χ1n) is 2.84. The monoisotopic (exact) mass is 134 g/mol. The van der Waals surface area contributed by atoms with E-state index in [-0.39, 0.29) is 13.2 Å². The van der Waals surface area contributed by atoms with Gasteiger partial charge >= 0.3 is 0 Å². The highest BCUT2D eigenvalue weighted by Gasteiger charge is 2.33. The van der Waals surface area contributed by atoms with Gasteiger partial charge < -0.3 is 20.1 Å². The lowest BCUT2D eigenvalue weighted by Crippen LogP contribution is -2.31. The Morgan fingerprint density at radius 2 is 2.11 bits per heavy atom. The van der Waals surface area contributed by atoms with Crippen LogP contribution >= 0.6 is 0 Å². The van der Waals surface area contributed by atoms with E-state index in [2.05, 4.69) is 0 Å². The van der Waals surface area contributed by atoms with Crippen molar-refractivity contribution in [3.63, 3.8) is 0 Å². The Bertz CT molecular complexity index is 95.0. The normalized spacial score (nSPS) is 43.7. The molecule has 0 aliphatic carbocycles. The summed E-state index contributed by atoms with van der Waals surface area (Å²) in [4.78, 5) is 0. The highest BCUT2D eigenvalue weighted by Crippen LogP contribution is 2.12. The van der Waals surface area contributed by atoms with Gasteiger partial charge in [0.25, 0.3) is 0 Å². The minimum atomic E-state index is -0.921. The van der Waals surface area contributed by atoms with E-state index < -0.39 is 18.3 Å². The van der Waals surface area contributed by atoms with Crippen LogP contribution in [0, 0.1) is 0 Å². The fourth-order valence-electron chi connectivity index (χ4n) is 0.828. The summed E-state index contributed by atoms with van der Waals surface area (Å²) in [5.74, 6) is 0. The molecule has 1 unspecified atom stereocenters. The van der Waals surface area contributed by atoms with Gasteiger partial charge in [0, 0.05) is 0 Å². The molecule has 1 fully saturated rings. The SMILES string of the molecule is OC[C@H]1OCC(O)[C@@H]1O. The van der Waals surface area contributed by atoms with Crippen LogP contribution in [0.4, 0.5) is 0 Å². The number of aliphatic hydroxyl groups is 3. The number of aliphatic hydroxyl groups excluding tert-OH is 3. The molecule has 1 heterocycles. The van der Waals surface area contributed by atoms with Crippen LogP contribution in [0.3, 0.4) is 0 Å². The Hall–Kier alpha value is -0.160. The first-order valence-corrected chi connectivity index (χ1v) is 2.84. The Labute approximate surface area is 52.7 Å². The minimum Gasteiger partial charge on any atom is -0.394 e. The zero-order valence-corrected chi connectivity index (χ0v) is 4.90. The topological polar surface area (TPSA) is 69.9 Å². The van der Waals surface area contributed by atoms with Crippen LogP contribution in [-0.4, -0.2) is 46.8 Å². The third-order valence-electron chi connectivity index (χ3n) is 1.44. The lowest BCUT2D eigenvalue weighted by molar-refractivity contribution is -0.00588. The Balaban J connectivity index is 2.41. The fraction of sp³-hybridized carbons (Fsp3) is 1.00. The van der Waals surface area contributed by atoms with Crippen molar-refractivity contribution in [3.05, 3.63) is 0 Å². The summed E-state index contributed by atoms with van der Waals surface area (Å²) in [6.45, 7) is -0.120. The largest absolute Gasteiger partial charge is 0.394 e. The molecule has 1 rings (SSSR count). The third-order valence-corrected chi connectivity index (χ3v) is 1.44. The number of ether oxygens (including phenoxy) is 1. The summed E-state index contributed by atoms with van der Waals surface area (Å²) >= 11 is 0. The van der Waals surface area contributed by atoms with E-state index in [4.69, 9.17) is 20.1 Å². The average Bonchev–Trinajstić information content (AvgIpc) is 2.15. The second-order valence-electron chi connectivity index (χ2n) is 2.11. The van der Waals surface area contributed by atoms with Crippen LogP contribution in [0.2, 0.25) is 0 Å². The molecule has 0 radical (unpaired) electrons. The van der Waals surface area contributed by atoms with Crippen LogP contribution in [0.5, 0.6) is 0 Å².